The Kier molecular flexibility index (Phi) is 4.39. The van der Waals surface area contributed by atoms with Crippen molar-refractivity contribution in [3.8, 4) is 11.1 Å². The minimum Gasteiger partial charge on any atom is -0.318 e. The molecular formula is C18H20N4O. The number of hydrogen-bond acceptors (Lipinski definition) is 3. The van der Waals surface area contributed by atoms with E-state index in [0.717, 1.165) is 23.2 Å². The molecule has 1 N–H and O–H groups in total. The van der Waals surface area contributed by atoms with Crippen LogP contribution in [0, 0.1) is 0 Å². The van der Waals surface area contributed by atoms with E-state index in [9.17, 15) is 4.79 Å². The zero-order valence-corrected chi connectivity index (χ0v) is 13.4. The summed E-state index contributed by atoms with van der Waals surface area (Å²) in [5.74, 6) is 0. The molecule has 0 bridgehead atoms. The van der Waals surface area contributed by atoms with Gasteiger partial charge in [-0.25, -0.2) is 0 Å². The number of hydrogen-bond donors (Lipinski definition) is 1. The molecule has 0 amide bonds. The molecule has 118 valence electrons. The normalized spacial score (nSPS) is 10.9. The fourth-order valence-electron chi connectivity index (χ4n) is 2.63. The van der Waals surface area contributed by atoms with E-state index >= 15 is 0 Å². The van der Waals surface area contributed by atoms with Crippen LogP contribution >= 0.6 is 0 Å². The minimum atomic E-state index is -0.00400. The molecule has 5 nitrogen and oxygen atoms in total. The standard InChI is InChI=1S/C18H20N4O/c1-19-9-15-8-18(23)21(2)13-17(15)16-10-20-22(12-16)11-14-6-4-3-5-7-14/h3-8,10,12-13,19H,9,11H2,1-2H3. The average Bonchev–Trinajstić information content (AvgIpc) is 3.00. The maximum Gasteiger partial charge on any atom is 0.250 e. The Hall–Kier alpha value is -2.66. The van der Waals surface area contributed by atoms with Gasteiger partial charge in [-0.2, -0.15) is 5.10 Å². The molecule has 0 spiro atoms. The molecule has 3 aromatic rings. The van der Waals surface area contributed by atoms with E-state index in [4.69, 9.17) is 0 Å². The molecule has 0 aliphatic carbocycles. The molecule has 0 fully saturated rings. The lowest BCUT2D eigenvalue weighted by molar-refractivity contribution is 0.687. The first-order chi connectivity index (χ1) is 11.2. The molecule has 0 aliphatic heterocycles. The summed E-state index contributed by atoms with van der Waals surface area (Å²) in [6.45, 7) is 1.38. The van der Waals surface area contributed by atoms with Crippen LogP contribution in [0.15, 0.2) is 59.8 Å². The number of pyridine rings is 1. The number of nitrogens with zero attached hydrogens (tertiary/aromatic N) is 3. The van der Waals surface area contributed by atoms with Crippen LogP contribution in [-0.4, -0.2) is 21.4 Å². The van der Waals surface area contributed by atoms with Gasteiger partial charge in [0.15, 0.2) is 0 Å². The second kappa shape index (κ2) is 6.62. The van der Waals surface area contributed by atoms with Gasteiger partial charge in [0.05, 0.1) is 12.7 Å². The van der Waals surface area contributed by atoms with E-state index in [2.05, 4.69) is 22.5 Å². The molecule has 0 radical (unpaired) electrons. The van der Waals surface area contributed by atoms with E-state index in [1.807, 2.05) is 48.5 Å². The van der Waals surface area contributed by atoms with Gasteiger partial charge >= 0.3 is 0 Å². The topological polar surface area (TPSA) is 51.9 Å². The molecule has 0 aliphatic rings. The number of rotatable bonds is 5. The molecular weight excluding hydrogens is 288 g/mol. The van der Waals surface area contributed by atoms with E-state index in [0.29, 0.717) is 6.54 Å². The molecule has 3 rings (SSSR count). The Balaban J connectivity index is 1.94. The monoisotopic (exact) mass is 308 g/mol. The van der Waals surface area contributed by atoms with Gasteiger partial charge in [-0.1, -0.05) is 30.3 Å². The summed E-state index contributed by atoms with van der Waals surface area (Å²) in [5.41, 5.74) is 4.23. The molecule has 2 aromatic heterocycles. The van der Waals surface area contributed by atoms with Gasteiger partial charge in [-0.05, 0) is 18.2 Å². The summed E-state index contributed by atoms with van der Waals surface area (Å²) in [6, 6.07) is 11.9. The number of nitrogens with one attached hydrogen (secondary N) is 1. The quantitative estimate of drug-likeness (QED) is 0.784. The summed E-state index contributed by atoms with van der Waals surface area (Å²) in [7, 11) is 3.64. The van der Waals surface area contributed by atoms with Gasteiger partial charge in [0.2, 0.25) is 0 Å². The third kappa shape index (κ3) is 3.40. The first kappa shape index (κ1) is 15.2. The Labute approximate surface area is 135 Å². The molecule has 0 atom stereocenters. The van der Waals surface area contributed by atoms with Crippen molar-refractivity contribution in [1.29, 1.82) is 0 Å². The fraction of sp³-hybridized carbons (Fsp3) is 0.222. The van der Waals surface area contributed by atoms with E-state index in [-0.39, 0.29) is 5.56 Å². The van der Waals surface area contributed by atoms with Crippen LogP contribution in [0.5, 0.6) is 0 Å². The lowest BCUT2D eigenvalue weighted by atomic mass is 10.1. The van der Waals surface area contributed by atoms with Gasteiger partial charge in [-0.3, -0.25) is 9.48 Å². The third-order valence-electron chi connectivity index (χ3n) is 3.81. The Morgan fingerprint density at radius 2 is 1.96 bits per heavy atom. The van der Waals surface area contributed by atoms with E-state index < -0.39 is 0 Å². The van der Waals surface area contributed by atoms with Gasteiger partial charge in [0.1, 0.15) is 0 Å². The van der Waals surface area contributed by atoms with Crippen molar-refractivity contribution in [1.82, 2.24) is 19.7 Å². The van der Waals surface area contributed by atoms with Crippen molar-refractivity contribution in [2.75, 3.05) is 7.05 Å². The zero-order chi connectivity index (χ0) is 16.2. The zero-order valence-electron chi connectivity index (χ0n) is 13.4. The van der Waals surface area contributed by atoms with E-state index in [1.165, 1.54) is 5.56 Å². The molecule has 0 unspecified atom stereocenters. The fourth-order valence-corrected chi connectivity index (χ4v) is 2.63. The summed E-state index contributed by atoms with van der Waals surface area (Å²) < 4.78 is 3.52. The molecule has 1 aromatic carbocycles. The summed E-state index contributed by atoms with van der Waals surface area (Å²) in [6.07, 6.45) is 5.74. The van der Waals surface area contributed by atoms with Crippen molar-refractivity contribution in [2.24, 2.45) is 7.05 Å². The van der Waals surface area contributed by atoms with Crippen molar-refractivity contribution in [2.45, 2.75) is 13.1 Å². The molecule has 5 heteroatoms. The summed E-state index contributed by atoms with van der Waals surface area (Å²) >= 11 is 0. The summed E-state index contributed by atoms with van der Waals surface area (Å²) in [4.78, 5) is 11.9. The Bertz CT molecular complexity index is 849. The Morgan fingerprint density at radius 3 is 2.70 bits per heavy atom. The van der Waals surface area contributed by atoms with Gasteiger partial charge in [-0.15, -0.1) is 0 Å². The second-order valence-electron chi connectivity index (χ2n) is 5.60. The van der Waals surface area contributed by atoms with Crippen molar-refractivity contribution >= 4 is 0 Å². The van der Waals surface area contributed by atoms with Crippen LogP contribution in [0.3, 0.4) is 0 Å². The number of benzene rings is 1. The molecule has 0 saturated carbocycles. The predicted octanol–water partition coefficient (Wildman–Crippen LogP) is 2.02. The SMILES string of the molecule is CNCc1cc(=O)n(C)cc1-c1cnn(Cc2ccccc2)c1. The van der Waals surface area contributed by atoms with Crippen LogP contribution in [0.1, 0.15) is 11.1 Å². The maximum absolute atomic E-state index is 11.9. The van der Waals surface area contributed by atoms with Crippen LogP contribution in [0.25, 0.3) is 11.1 Å². The van der Waals surface area contributed by atoms with Crippen molar-refractivity contribution < 1.29 is 0 Å². The molecule has 2 heterocycles. The maximum atomic E-state index is 11.9. The highest BCUT2D eigenvalue weighted by molar-refractivity contribution is 5.65. The summed E-state index contributed by atoms with van der Waals surface area (Å²) in [5, 5.41) is 7.56. The molecule has 0 saturated heterocycles. The van der Waals surface area contributed by atoms with Crippen LogP contribution < -0.4 is 10.9 Å². The van der Waals surface area contributed by atoms with Crippen LogP contribution in [0.2, 0.25) is 0 Å². The third-order valence-corrected chi connectivity index (χ3v) is 3.81. The predicted molar refractivity (Wildman–Crippen MR) is 91.2 cm³/mol. The van der Waals surface area contributed by atoms with Gasteiger partial charge < -0.3 is 9.88 Å². The van der Waals surface area contributed by atoms with Crippen LogP contribution in [0.4, 0.5) is 0 Å². The van der Waals surface area contributed by atoms with Crippen molar-refractivity contribution in [3.05, 3.63) is 76.5 Å². The highest BCUT2D eigenvalue weighted by atomic mass is 16.1. The lowest BCUT2D eigenvalue weighted by Gasteiger charge is -2.09. The Morgan fingerprint density at radius 1 is 1.17 bits per heavy atom. The minimum absolute atomic E-state index is 0.00400. The largest absolute Gasteiger partial charge is 0.318 e. The van der Waals surface area contributed by atoms with Crippen LogP contribution in [-0.2, 0) is 20.1 Å². The second-order valence-corrected chi connectivity index (χ2v) is 5.60. The lowest BCUT2D eigenvalue weighted by Crippen LogP contribution is -2.18. The van der Waals surface area contributed by atoms with Gasteiger partial charge in [0, 0.05) is 43.2 Å². The highest BCUT2D eigenvalue weighted by Gasteiger charge is 2.10. The number of aryl methyl sites for hydroxylation is 1. The highest BCUT2D eigenvalue weighted by Crippen LogP contribution is 2.22. The van der Waals surface area contributed by atoms with E-state index in [1.54, 1.807) is 17.7 Å². The first-order valence-electron chi connectivity index (χ1n) is 7.58. The van der Waals surface area contributed by atoms with Crippen molar-refractivity contribution in [3.63, 3.8) is 0 Å². The number of aromatic nitrogens is 3. The molecule has 23 heavy (non-hydrogen) atoms. The van der Waals surface area contributed by atoms with Gasteiger partial charge in [0.25, 0.3) is 5.56 Å². The first-order valence-corrected chi connectivity index (χ1v) is 7.58. The smallest absolute Gasteiger partial charge is 0.250 e. The average molecular weight is 308 g/mol.